The van der Waals surface area contributed by atoms with Crippen molar-refractivity contribution in [1.82, 2.24) is 0 Å². The summed E-state index contributed by atoms with van der Waals surface area (Å²) in [5, 5.41) is 40.1. The van der Waals surface area contributed by atoms with Gasteiger partial charge in [-0.15, -0.1) is 12.8 Å². The first kappa shape index (κ1) is 60.5. The lowest BCUT2D eigenvalue weighted by Gasteiger charge is -2.30. The lowest BCUT2D eigenvalue weighted by atomic mass is 9.84. The Morgan fingerprint density at radius 2 is 1.23 bits per heavy atom. The summed E-state index contributed by atoms with van der Waals surface area (Å²) in [5.74, 6) is 1.89. The number of phenolic OH excluding ortho intramolecular Hbond substituents is 2. The molecule has 1 saturated heterocycles. The fraction of sp³-hybridized carbons (Fsp3) is 0.387. The van der Waals surface area contributed by atoms with Crippen molar-refractivity contribution >= 4 is 38.4 Å². The van der Waals surface area contributed by atoms with Crippen molar-refractivity contribution in [3.63, 3.8) is 0 Å². The van der Waals surface area contributed by atoms with Gasteiger partial charge in [-0.25, -0.2) is 0 Å². The zero-order valence-corrected chi connectivity index (χ0v) is 49.0. The van der Waals surface area contributed by atoms with Crippen LogP contribution in [-0.4, -0.2) is 56.1 Å². The Morgan fingerprint density at radius 1 is 0.756 bits per heavy atom. The molecule has 1 heterocycles. The molecule has 0 unspecified atom stereocenters. The van der Waals surface area contributed by atoms with Gasteiger partial charge in [-0.05, 0) is 204 Å². The molecule has 1 fully saturated rings. The van der Waals surface area contributed by atoms with Crippen LogP contribution in [0, 0.1) is 40.5 Å². The molecule has 418 valence electrons. The molecule has 6 N–H and O–H groups in total. The number of ether oxygens (including phenoxy) is 2. The van der Waals surface area contributed by atoms with Crippen molar-refractivity contribution in [1.29, 1.82) is 0 Å². The van der Waals surface area contributed by atoms with E-state index in [0.29, 0.717) is 52.5 Å². The van der Waals surface area contributed by atoms with E-state index in [2.05, 4.69) is 54.0 Å². The van der Waals surface area contributed by atoms with Gasteiger partial charge in [-0.1, -0.05) is 87.3 Å². The summed E-state index contributed by atoms with van der Waals surface area (Å²) in [6.45, 7) is 17.2. The highest BCUT2D eigenvalue weighted by molar-refractivity contribution is 7.53. The summed E-state index contributed by atoms with van der Waals surface area (Å²) in [4.78, 5) is 18.0. The maximum Gasteiger partial charge on any atom is 0.368 e. The van der Waals surface area contributed by atoms with Gasteiger partial charge in [0.15, 0.2) is 12.7 Å². The van der Waals surface area contributed by atoms with Gasteiger partial charge in [0.25, 0.3) is 0 Å². The Balaban J connectivity index is 0.000000209. The van der Waals surface area contributed by atoms with Gasteiger partial charge in [0.05, 0.1) is 18.8 Å². The van der Waals surface area contributed by atoms with E-state index in [9.17, 15) is 24.4 Å². The Hall–Kier alpha value is -5.12. The van der Waals surface area contributed by atoms with Gasteiger partial charge in [0.1, 0.15) is 24.4 Å². The number of hydrogen-bond donors (Lipinski definition) is 6. The maximum absolute atomic E-state index is 13.3. The summed E-state index contributed by atoms with van der Waals surface area (Å²) >= 11 is 11.8. The van der Waals surface area contributed by atoms with Crippen molar-refractivity contribution in [2.45, 2.75) is 130 Å². The highest BCUT2D eigenvalue weighted by atomic mass is 35.5. The summed E-state index contributed by atoms with van der Waals surface area (Å²) in [6, 6.07) is 29.7. The molecule has 0 amide bonds. The number of aliphatic hydroxyl groups excluding tert-OH is 2. The number of halogens is 2. The van der Waals surface area contributed by atoms with E-state index in [4.69, 9.17) is 58.0 Å². The van der Waals surface area contributed by atoms with Gasteiger partial charge in [0.2, 0.25) is 0 Å². The van der Waals surface area contributed by atoms with Crippen molar-refractivity contribution in [3.05, 3.63) is 185 Å². The Labute approximate surface area is 471 Å². The first-order valence-electron chi connectivity index (χ1n) is 26.5. The van der Waals surface area contributed by atoms with Crippen LogP contribution < -0.4 is 9.47 Å². The van der Waals surface area contributed by atoms with Crippen LogP contribution in [0.15, 0.2) is 97.1 Å². The lowest BCUT2D eigenvalue weighted by molar-refractivity contribution is 0.0725. The van der Waals surface area contributed by atoms with Gasteiger partial charge >= 0.3 is 15.2 Å². The smallest absolute Gasteiger partial charge is 0.368 e. The second-order valence-electron chi connectivity index (χ2n) is 21.6. The van der Waals surface area contributed by atoms with E-state index in [1.54, 1.807) is 36.4 Å². The van der Waals surface area contributed by atoms with E-state index in [0.717, 1.165) is 83.0 Å². The molecule has 12 nitrogen and oxygen atoms in total. The van der Waals surface area contributed by atoms with Crippen LogP contribution in [0.4, 0.5) is 0 Å². The zero-order chi connectivity index (χ0) is 58.0. The summed E-state index contributed by atoms with van der Waals surface area (Å²) < 4.78 is 52.8. The predicted molar refractivity (Wildman–Crippen MR) is 311 cm³/mol. The molecule has 6 aromatic rings. The van der Waals surface area contributed by atoms with Crippen molar-refractivity contribution in [3.8, 4) is 35.8 Å². The number of aliphatic hydroxyl groups is 2. The number of rotatable bonds is 14. The molecule has 3 aliphatic rings. The molecule has 2 aliphatic carbocycles. The molecular weight excluding hydrogens is 1070 g/mol. The molecule has 78 heavy (non-hydrogen) atoms. The number of fused-ring (bicyclic) bond motifs is 2. The molecule has 0 radical (unpaired) electrons. The van der Waals surface area contributed by atoms with Gasteiger partial charge < -0.3 is 44.2 Å². The molecule has 6 aromatic carbocycles. The Bertz CT molecular complexity index is 3210. The SMILES string of the molecule is Cc1cc(OCP(=O)(O)O)cc(C)c1Cc1ccc(O)c2c1CCC2(C)C.Cc1cc(OC[P@@]2(=O)OCC[C@@H](c3cccc(Cl)c3)O2)cc(C)c1Cc1ccc(O)c2c1CCC2(C)C.OCC[C@H](O)c1cccc(Cl)c1.[2H]C#C. The van der Waals surface area contributed by atoms with Gasteiger partial charge in [-0.2, -0.15) is 0 Å². The fourth-order valence-corrected chi connectivity index (χ4v) is 13.0. The molecular formula is C62H74Cl2O12P2. The maximum atomic E-state index is 13.3. The third-order valence-electron chi connectivity index (χ3n) is 14.8. The first-order chi connectivity index (χ1) is 37.2. The second-order valence-corrected chi connectivity index (χ2v) is 26.0. The minimum atomic E-state index is -4.20. The van der Waals surface area contributed by atoms with E-state index in [1.165, 1.54) is 39.8 Å². The van der Waals surface area contributed by atoms with E-state index in [1.807, 2.05) is 68.4 Å². The fourth-order valence-electron chi connectivity index (χ4n) is 10.8. The van der Waals surface area contributed by atoms with Crippen LogP contribution in [0.5, 0.6) is 23.0 Å². The third-order valence-corrected chi connectivity index (χ3v) is 17.3. The monoisotopic (exact) mass is 1140 g/mol. The standard InChI is InChI=1S/C30H34ClO5P.C21H27O5P.C9H11ClO2.C2H2/c1-19-14-24(34-18-37(33)35-13-11-28(36-37)22-6-5-7-23(31)16-22)15-20(2)26(19)17-21-8-9-27(32)29-25(21)10-12-30(29,3)4;1-13-9-16(26-12-27(23,24)25)10-14(2)18(13)11-15-5-6-19(22)20-17(15)7-8-21(20,3)4;10-8-3-1-2-7(6-8)9(12)4-5-11;1-2/h5-9,14-16,28,32H,10-13,17-18H2,1-4H3;5-6,9-10,22H,7-8,11-12H2,1-4H3,(H2,23,24,25);1-3,6,9,11-12H,4-5H2;1-2H/t28-,37+;;9-;/m0.0./s1/i;;;1D. The Morgan fingerprint density at radius 3 is 1.69 bits per heavy atom. The molecule has 0 saturated carbocycles. The van der Waals surface area contributed by atoms with Crippen LogP contribution in [0.25, 0.3) is 0 Å². The minimum Gasteiger partial charge on any atom is -0.508 e. The molecule has 0 aromatic heterocycles. The molecule has 3 atom stereocenters. The highest BCUT2D eigenvalue weighted by Crippen LogP contribution is 2.56. The largest absolute Gasteiger partial charge is 0.508 e. The van der Waals surface area contributed by atoms with Gasteiger partial charge in [0, 0.05) is 40.6 Å². The van der Waals surface area contributed by atoms with E-state index >= 15 is 0 Å². The van der Waals surface area contributed by atoms with Crippen LogP contribution >= 0.6 is 38.4 Å². The number of benzene rings is 6. The lowest BCUT2D eigenvalue weighted by Crippen LogP contribution is -2.17. The second kappa shape index (κ2) is 26.4. The molecule has 16 heteroatoms. The van der Waals surface area contributed by atoms with E-state index in [-0.39, 0.29) is 29.9 Å². The van der Waals surface area contributed by atoms with Gasteiger partial charge in [-0.3, -0.25) is 13.7 Å². The number of aromatic hydroxyl groups is 2. The Kier molecular flexibility index (Phi) is 20.5. The summed E-state index contributed by atoms with van der Waals surface area (Å²) in [5.41, 5.74) is 15.5. The highest BCUT2D eigenvalue weighted by Gasteiger charge is 2.37. The number of hydrogen-bond acceptors (Lipinski definition) is 10. The average molecular weight is 1150 g/mol. The molecule has 1 aliphatic heterocycles. The normalized spacial score (nSPS) is 18.2. The third kappa shape index (κ3) is 15.8. The molecule has 9 rings (SSSR count). The van der Waals surface area contributed by atoms with Crippen LogP contribution in [0.3, 0.4) is 0 Å². The van der Waals surface area contributed by atoms with E-state index < -0.39 is 27.6 Å². The quantitative estimate of drug-likeness (QED) is 0.0447. The number of aryl methyl sites for hydroxylation is 4. The summed E-state index contributed by atoms with van der Waals surface area (Å²) in [7, 11) is -7.63. The van der Waals surface area contributed by atoms with Crippen LogP contribution in [-0.2, 0) is 54.7 Å². The van der Waals surface area contributed by atoms with Crippen LogP contribution in [0.2, 0.25) is 10.0 Å². The predicted octanol–water partition coefficient (Wildman–Crippen LogP) is 14.5. The molecule has 0 bridgehead atoms. The molecule has 0 spiro atoms. The first-order valence-corrected chi connectivity index (χ1v) is 30.2. The van der Waals surface area contributed by atoms with Crippen molar-refractivity contribution in [2.24, 2.45) is 0 Å². The van der Waals surface area contributed by atoms with Crippen molar-refractivity contribution < 1.29 is 59.2 Å². The summed E-state index contributed by atoms with van der Waals surface area (Å²) in [6.07, 6.45) is 10.6. The number of terminal acetylenes is 1. The number of phenols is 2. The zero-order valence-electron chi connectivity index (χ0n) is 46.7. The van der Waals surface area contributed by atoms with Crippen LogP contribution in [0.1, 0.15) is 145 Å². The topological polar surface area (TPSA) is 192 Å². The minimum absolute atomic E-state index is 0.0103. The average Bonchev–Trinajstić information content (AvgIpc) is 3.91. The van der Waals surface area contributed by atoms with Crippen molar-refractivity contribution in [2.75, 3.05) is 25.9 Å².